The highest BCUT2D eigenvalue weighted by molar-refractivity contribution is 7.92. The summed E-state index contributed by atoms with van der Waals surface area (Å²) in [7, 11) is -3.67. The molecule has 1 aromatic heterocycles. The second kappa shape index (κ2) is 5.09. The van der Waals surface area contributed by atoms with Gasteiger partial charge in [0.1, 0.15) is 0 Å². The number of nitrogens with zero attached hydrogens (tertiary/aromatic N) is 2. The molecule has 0 amide bonds. The second-order valence-electron chi connectivity index (χ2n) is 5.11. The lowest BCUT2D eigenvalue weighted by Crippen LogP contribution is -2.16. The van der Waals surface area contributed by atoms with Crippen molar-refractivity contribution >= 4 is 16.0 Å². The van der Waals surface area contributed by atoms with E-state index in [0.29, 0.717) is 6.54 Å². The van der Waals surface area contributed by atoms with Gasteiger partial charge in [-0.15, -0.1) is 0 Å². The molecule has 2 heterocycles. The first-order chi connectivity index (χ1) is 9.94. The highest BCUT2D eigenvalue weighted by Crippen LogP contribution is 2.21. The van der Waals surface area contributed by atoms with E-state index < -0.39 is 10.0 Å². The number of anilines is 1. The summed E-state index contributed by atoms with van der Waals surface area (Å²) in [5, 5.41) is 3.19. The molecule has 0 atom stereocenters. The van der Waals surface area contributed by atoms with E-state index in [9.17, 15) is 8.42 Å². The van der Waals surface area contributed by atoms with Crippen LogP contribution in [0.3, 0.4) is 0 Å². The summed E-state index contributed by atoms with van der Waals surface area (Å²) in [5.74, 6) is 0.103. The number of aryl methyl sites for hydroxylation is 2. The Kier molecular flexibility index (Phi) is 3.38. The van der Waals surface area contributed by atoms with Crippen LogP contribution in [0.1, 0.15) is 22.5 Å². The van der Waals surface area contributed by atoms with E-state index in [0.717, 1.165) is 29.1 Å². The van der Waals surface area contributed by atoms with Gasteiger partial charge in [0.05, 0.1) is 4.90 Å². The van der Waals surface area contributed by atoms with Crippen LogP contribution in [-0.2, 0) is 23.1 Å². The van der Waals surface area contributed by atoms with Gasteiger partial charge in [-0.3, -0.25) is 0 Å². The molecule has 0 unspecified atom stereocenters. The van der Waals surface area contributed by atoms with E-state index in [1.807, 2.05) is 6.07 Å². The zero-order chi connectivity index (χ0) is 15.0. The maximum absolute atomic E-state index is 12.4. The van der Waals surface area contributed by atoms with Crippen LogP contribution in [0.5, 0.6) is 0 Å². The highest BCUT2D eigenvalue weighted by atomic mass is 32.2. The Bertz CT molecular complexity index is 782. The van der Waals surface area contributed by atoms with Gasteiger partial charge in [0.15, 0.2) is 0 Å². The van der Waals surface area contributed by atoms with Gasteiger partial charge in [-0.1, -0.05) is 6.07 Å². The summed E-state index contributed by atoms with van der Waals surface area (Å²) in [5.41, 5.74) is 3.59. The highest BCUT2D eigenvalue weighted by Gasteiger charge is 2.19. The largest absolute Gasteiger partial charge is 0.309 e. The zero-order valence-electron chi connectivity index (χ0n) is 11.8. The Morgan fingerprint density at radius 2 is 1.71 bits per heavy atom. The van der Waals surface area contributed by atoms with Crippen molar-refractivity contribution in [3.05, 3.63) is 46.8 Å². The number of hydrogen-bond donors (Lipinski definition) is 2. The number of hydrogen-bond acceptors (Lipinski definition) is 5. The fourth-order valence-electron chi connectivity index (χ4n) is 2.39. The van der Waals surface area contributed by atoms with Crippen molar-refractivity contribution in [2.45, 2.75) is 31.8 Å². The van der Waals surface area contributed by atoms with Crippen molar-refractivity contribution in [3.8, 4) is 0 Å². The van der Waals surface area contributed by atoms with Crippen LogP contribution in [0, 0.1) is 13.8 Å². The molecule has 0 spiro atoms. The maximum atomic E-state index is 12.4. The van der Waals surface area contributed by atoms with Gasteiger partial charge >= 0.3 is 0 Å². The molecule has 7 heteroatoms. The summed E-state index contributed by atoms with van der Waals surface area (Å²) < 4.78 is 27.3. The number of fused-ring (bicyclic) bond motifs is 1. The third-order valence-corrected chi connectivity index (χ3v) is 4.65. The molecule has 0 saturated heterocycles. The van der Waals surface area contributed by atoms with Gasteiger partial charge in [0, 0.05) is 24.5 Å². The monoisotopic (exact) mass is 304 g/mol. The SMILES string of the molecule is Cc1cc(C)nc(NS(=O)(=O)c2ccc3c(c2)CNC3)n1. The lowest BCUT2D eigenvalue weighted by molar-refractivity contribution is 0.600. The molecule has 0 fully saturated rings. The summed E-state index contributed by atoms with van der Waals surface area (Å²) in [6.45, 7) is 5.07. The van der Waals surface area contributed by atoms with Gasteiger partial charge in [-0.25, -0.2) is 23.1 Å². The van der Waals surface area contributed by atoms with E-state index >= 15 is 0 Å². The van der Waals surface area contributed by atoms with Crippen LogP contribution in [0.25, 0.3) is 0 Å². The average molecular weight is 304 g/mol. The standard InChI is InChI=1S/C14H16N4O2S/c1-9-5-10(2)17-14(16-9)18-21(19,20)13-4-3-11-7-15-8-12(11)6-13/h3-6,15H,7-8H2,1-2H3,(H,16,17,18). The molecule has 0 radical (unpaired) electrons. The van der Waals surface area contributed by atoms with Crippen LogP contribution >= 0.6 is 0 Å². The van der Waals surface area contributed by atoms with E-state index in [4.69, 9.17) is 0 Å². The van der Waals surface area contributed by atoms with E-state index in [-0.39, 0.29) is 10.8 Å². The molecule has 3 rings (SSSR count). The van der Waals surface area contributed by atoms with Crippen LogP contribution in [0.15, 0.2) is 29.2 Å². The Morgan fingerprint density at radius 1 is 1.05 bits per heavy atom. The maximum Gasteiger partial charge on any atom is 0.264 e. The fourth-order valence-corrected chi connectivity index (χ4v) is 3.38. The summed E-state index contributed by atoms with van der Waals surface area (Å²) >= 11 is 0. The predicted octanol–water partition coefficient (Wildman–Crippen LogP) is 1.50. The number of sulfonamides is 1. The van der Waals surface area contributed by atoms with Crippen LogP contribution in [0.4, 0.5) is 5.95 Å². The predicted molar refractivity (Wildman–Crippen MR) is 79.3 cm³/mol. The van der Waals surface area contributed by atoms with Crippen molar-refractivity contribution in [3.63, 3.8) is 0 Å². The third kappa shape index (κ3) is 2.88. The van der Waals surface area contributed by atoms with Gasteiger partial charge in [0.2, 0.25) is 5.95 Å². The molecule has 0 bridgehead atoms. The molecule has 6 nitrogen and oxygen atoms in total. The first-order valence-electron chi connectivity index (χ1n) is 6.62. The molecule has 0 saturated carbocycles. The summed E-state index contributed by atoms with van der Waals surface area (Å²) in [4.78, 5) is 8.44. The fraction of sp³-hybridized carbons (Fsp3) is 0.286. The van der Waals surface area contributed by atoms with Gasteiger partial charge in [-0.05, 0) is 43.2 Å². The van der Waals surface area contributed by atoms with Gasteiger partial charge in [0.25, 0.3) is 10.0 Å². The Labute approximate surface area is 123 Å². The molecule has 1 aliphatic rings. The van der Waals surface area contributed by atoms with E-state index in [2.05, 4.69) is 20.0 Å². The molecule has 1 aromatic carbocycles. The zero-order valence-corrected chi connectivity index (χ0v) is 12.7. The van der Waals surface area contributed by atoms with E-state index in [1.54, 1.807) is 32.0 Å². The first kappa shape index (κ1) is 14.0. The van der Waals surface area contributed by atoms with Crippen LogP contribution in [-0.4, -0.2) is 18.4 Å². The Balaban J connectivity index is 1.93. The van der Waals surface area contributed by atoms with Gasteiger partial charge in [-0.2, -0.15) is 0 Å². The molecule has 1 aliphatic heterocycles. The van der Waals surface area contributed by atoms with E-state index in [1.165, 1.54) is 0 Å². The molecule has 2 aromatic rings. The Hall–Kier alpha value is -1.99. The van der Waals surface area contributed by atoms with Crippen LogP contribution < -0.4 is 10.0 Å². The quantitative estimate of drug-likeness (QED) is 0.897. The third-order valence-electron chi connectivity index (χ3n) is 3.33. The molecular weight excluding hydrogens is 288 g/mol. The normalized spacial score (nSPS) is 14.0. The smallest absolute Gasteiger partial charge is 0.264 e. The lowest BCUT2D eigenvalue weighted by atomic mass is 10.1. The van der Waals surface area contributed by atoms with Crippen molar-refractivity contribution in [2.24, 2.45) is 0 Å². The first-order valence-corrected chi connectivity index (χ1v) is 8.10. The second-order valence-corrected chi connectivity index (χ2v) is 6.80. The number of benzene rings is 1. The molecular formula is C14H16N4O2S. The van der Waals surface area contributed by atoms with Crippen molar-refractivity contribution in [2.75, 3.05) is 4.72 Å². The van der Waals surface area contributed by atoms with Crippen molar-refractivity contribution in [1.82, 2.24) is 15.3 Å². The topological polar surface area (TPSA) is 84.0 Å². The van der Waals surface area contributed by atoms with Crippen molar-refractivity contribution < 1.29 is 8.42 Å². The number of rotatable bonds is 3. The van der Waals surface area contributed by atoms with Crippen molar-refractivity contribution in [1.29, 1.82) is 0 Å². The average Bonchev–Trinajstić information content (AvgIpc) is 2.83. The molecule has 2 N–H and O–H groups in total. The minimum Gasteiger partial charge on any atom is -0.309 e. The summed E-state index contributed by atoms with van der Waals surface area (Å²) in [6, 6.07) is 6.93. The van der Waals surface area contributed by atoms with Gasteiger partial charge < -0.3 is 5.32 Å². The Morgan fingerprint density at radius 3 is 2.43 bits per heavy atom. The minimum absolute atomic E-state index is 0.103. The number of aromatic nitrogens is 2. The number of nitrogens with one attached hydrogen (secondary N) is 2. The molecule has 21 heavy (non-hydrogen) atoms. The molecule has 0 aliphatic carbocycles. The lowest BCUT2D eigenvalue weighted by Gasteiger charge is -2.09. The summed E-state index contributed by atoms with van der Waals surface area (Å²) in [6.07, 6.45) is 0. The minimum atomic E-state index is -3.67. The van der Waals surface area contributed by atoms with Crippen LogP contribution in [0.2, 0.25) is 0 Å². The molecule has 110 valence electrons.